The van der Waals surface area contributed by atoms with Crippen LogP contribution in [0.25, 0.3) is 5.57 Å². The Kier molecular flexibility index (Phi) is 2.77. The van der Waals surface area contributed by atoms with Crippen LogP contribution >= 0.6 is 11.6 Å². The molecule has 1 nitrogen and oxygen atoms in total. The topological polar surface area (TPSA) is 12.0 Å². The van der Waals surface area contributed by atoms with Gasteiger partial charge in [0.2, 0.25) is 0 Å². The van der Waals surface area contributed by atoms with Crippen LogP contribution in [0.1, 0.15) is 12.5 Å². The predicted octanol–water partition coefficient (Wildman–Crippen LogP) is 3.41. The Balaban J connectivity index is 3.20. The van der Waals surface area contributed by atoms with Crippen molar-refractivity contribution in [2.24, 2.45) is 0 Å². The number of benzene rings is 1. The van der Waals surface area contributed by atoms with E-state index < -0.39 is 0 Å². The van der Waals surface area contributed by atoms with Crippen molar-refractivity contribution in [1.82, 2.24) is 0 Å². The van der Waals surface area contributed by atoms with Crippen LogP contribution < -0.4 is 5.32 Å². The number of hydrogen-bond acceptors (Lipinski definition) is 1. The van der Waals surface area contributed by atoms with Gasteiger partial charge in [-0.2, -0.15) is 0 Å². The van der Waals surface area contributed by atoms with Crippen LogP contribution in [0.2, 0.25) is 5.02 Å². The largest absolute Gasteiger partial charge is 0.388 e. The number of halogens is 1. The lowest BCUT2D eigenvalue weighted by Crippen LogP contribution is -1.92. The second-order valence-electron chi connectivity index (χ2n) is 2.72. The highest BCUT2D eigenvalue weighted by Gasteiger charge is 2.01. The maximum absolute atomic E-state index is 5.83. The van der Waals surface area contributed by atoms with Crippen LogP contribution in [0, 0.1) is 0 Å². The Morgan fingerprint density at radius 1 is 1.50 bits per heavy atom. The summed E-state index contributed by atoms with van der Waals surface area (Å²) in [7, 11) is 1.87. The first-order chi connectivity index (χ1) is 5.65. The van der Waals surface area contributed by atoms with Gasteiger partial charge in [0.1, 0.15) is 0 Å². The lowest BCUT2D eigenvalue weighted by Gasteiger charge is -2.08. The van der Waals surface area contributed by atoms with E-state index in [1.54, 1.807) is 0 Å². The van der Waals surface area contributed by atoms with Gasteiger partial charge in [-0.25, -0.2) is 0 Å². The Bertz CT molecular complexity index is 305. The zero-order chi connectivity index (χ0) is 9.14. The molecule has 0 amide bonds. The zero-order valence-corrected chi connectivity index (χ0v) is 8.07. The van der Waals surface area contributed by atoms with Crippen molar-refractivity contribution in [3.05, 3.63) is 35.4 Å². The molecule has 2 heteroatoms. The third-order valence-corrected chi connectivity index (χ3v) is 1.95. The van der Waals surface area contributed by atoms with Crippen LogP contribution in [0.15, 0.2) is 24.8 Å². The molecule has 0 unspecified atom stereocenters. The van der Waals surface area contributed by atoms with E-state index in [9.17, 15) is 0 Å². The van der Waals surface area contributed by atoms with E-state index in [0.29, 0.717) is 0 Å². The lowest BCUT2D eigenvalue weighted by molar-refractivity contribution is 1.47. The Labute approximate surface area is 78.1 Å². The van der Waals surface area contributed by atoms with Gasteiger partial charge < -0.3 is 5.32 Å². The van der Waals surface area contributed by atoms with E-state index in [0.717, 1.165) is 21.8 Å². The second-order valence-corrected chi connectivity index (χ2v) is 3.16. The summed E-state index contributed by atoms with van der Waals surface area (Å²) in [5.74, 6) is 0. The summed E-state index contributed by atoms with van der Waals surface area (Å²) in [6, 6.07) is 5.73. The van der Waals surface area contributed by atoms with Crippen molar-refractivity contribution in [1.29, 1.82) is 0 Å². The van der Waals surface area contributed by atoms with E-state index >= 15 is 0 Å². The molecule has 0 bridgehead atoms. The average molecular weight is 182 g/mol. The van der Waals surface area contributed by atoms with Crippen LogP contribution in [0.4, 0.5) is 5.69 Å². The summed E-state index contributed by atoms with van der Waals surface area (Å²) >= 11 is 5.83. The summed E-state index contributed by atoms with van der Waals surface area (Å²) in [5, 5.41) is 3.81. The quantitative estimate of drug-likeness (QED) is 0.738. The van der Waals surface area contributed by atoms with Crippen LogP contribution in [0.5, 0.6) is 0 Å². The van der Waals surface area contributed by atoms with Gasteiger partial charge in [0.15, 0.2) is 0 Å². The van der Waals surface area contributed by atoms with E-state index in [4.69, 9.17) is 11.6 Å². The van der Waals surface area contributed by atoms with Gasteiger partial charge in [0, 0.05) is 23.3 Å². The molecule has 0 fully saturated rings. The summed E-state index contributed by atoms with van der Waals surface area (Å²) in [6.45, 7) is 5.86. The van der Waals surface area contributed by atoms with Crippen LogP contribution in [0.3, 0.4) is 0 Å². The van der Waals surface area contributed by atoms with Crippen LogP contribution in [-0.4, -0.2) is 7.05 Å². The van der Waals surface area contributed by atoms with Crippen molar-refractivity contribution in [3.8, 4) is 0 Å². The van der Waals surface area contributed by atoms with Crippen molar-refractivity contribution < 1.29 is 0 Å². The number of hydrogen-bond donors (Lipinski definition) is 1. The van der Waals surface area contributed by atoms with Crippen molar-refractivity contribution in [2.45, 2.75) is 6.92 Å². The molecule has 0 aliphatic carbocycles. The summed E-state index contributed by atoms with van der Waals surface area (Å²) in [4.78, 5) is 0. The van der Waals surface area contributed by atoms with Gasteiger partial charge in [-0.15, -0.1) is 0 Å². The van der Waals surface area contributed by atoms with E-state index in [1.807, 2.05) is 32.2 Å². The minimum absolute atomic E-state index is 0.740. The molecular formula is C10H12ClN. The average Bonchev–Trinajstić information content (AvgIpc) is 2.03. The lowest BCUT2D eigenvalue weighted by atomic mass is 10.1. The van der Waals surface area contributed by atoms with Gasteiger partial charge in [-0.3, -0.25) is 0 Å². The fourth-order valence-electron chi connectivity index (χ4n) is 1.10. The van der Waals surface area contributed by atoms with Crippen molar-refractivity contribution in [3.63, 3.8) is 0 Å². The third kappa shape index (κ3) is 1.80. The Morgan fingerprint density at radius 3 is 2.67 bits per heavy atom. The Hall–Kier alpha value is -0.950. The SMILES string of the molecule is C=C(C)c1ccc(Cl)cc1NC. The second kappa shape index (κ2) is 3.63. The molecule has 0 heterocycles. The maximum atomic E-state index is 5.83. The van der Waals surface area contributed by atoms with E-state index in [2.05, 4.69) is 11.9 Å². The number of rotatable bonds is 2. The fourth-order valence-corrected chi connectivity index (χ4v) is 1.27. The summed E-state index contributed by atoms with van der Waals surface area (Å²) in [6.07, 6.45) is 0. The molecule has 1 aromatic carbocycles. The van der Waals surface area contributed by atoms with E-state index in [-0.39, 0.29) is 0 Å². The number of allylic oxidation sites excluding steroid dienone is 1. The van der Waals surface area contributed by atoms with Crippen molar-refractivity contribution >= 4 is 22.9 Å². The molecule has 0 saturated heterocycles. The Morgan fingerprint density at radius 2 is 2.17 bits per heavy atom. The molecule has 1 rings (SSSR count). The molecule has 1 N–H and O–H groups in total. The van der Waals surface area contributed by atoms with Gasteiger partial charge in [0.25, 0.3) is 0 Å². The molecule has 0 aliphatic rings. The fraction of sp³-hybridized carbons (Fsp3) is 0.200. The number of nitrogens with one attached hydrogen (secondary N) is 1. The smallest absolute Gasteiger partial charge is 0.0428 e. The van der Waals surface area contributed by atoms with Gasteiger partial charge in [-0.1, -0.05) is 24.2 Å². The normalized spacial score (nSPS) is 9.58. The monoisotopic (exact) mass is 181 g/mol. The molecule has 0 saturated carbocycles. The van der Waals surface area contributed by atoms with E-state index in [1.165, 1.54) is 0 Å². The van der Waals surface area contributed by atoms with Gasteiger partial charge in [-0.05, 0) is 24.6 Å². The molecule has 12 heavy (non-hydrogen) atoms. The highest BCUT2D eigenvalue weighted by Crippen LogP contribution is 2.25. The molecule has 0 spiro atoms. The third-order valence-electron chi connectivity index (χ3n) is 1.71. The van der Waals surface area contributed by atoms with Crippen LogP contribution in [-0.2, 0) is 0 Å². The van der Waals surface area contributed by atoms with Gasteiger partial charge >= 0.3 is 0 Å². The van der Waals surface area contributed by atoms with Crippen molar-refractivity contribution in [2.75, 3.05) is 12.4 Å². The highest BCUT2D eigenvalue weighted by molar-refractivity contribution is 6.31. The number of anilines is 1. The standard InChI is InChI=1S/C10H12ClN/c1-7(2)9-5-4-8(11)6-10(9)12-3/h4-6,12H,1H2,2-3H3. The first-order valence-electron chi connectivity index (χ1n) is 3.78. The summed E-state index contributed by atoms with van der Waals surface area (Å²) in [5.41, 5.74) is 3.17. The molecule has 64 valence electrons. The highest BCUT2D eigenvalue weighted by atomic mass is 35.5. The molecule has 0 aliphatic heterocycles. The molecule has 0 aromatic heterocycles. The molecule has 0 atom stereocenters. The minimum atomic E-state index is 0.740. The molecule has 1 aromatic rings. The summed E-state index contributed by atoms with van der Waals surface area (Å²) < 4.78 is 0. The molecular weight excluding hydrogens is 170 g/mol. The maximum Gasteiger partial charge on any atom is 0.0428 e. The zero-order valence-electron chi connectivity index (χ0n) is 7.32. The predicted molar refractivity (Wildman–Crippen MR) is 55.7 cm³/mol. The first kappa shape index (κ1) is 9.14. The molecule has 0 radical (unpaired) electrons. The minimum Gasteiger partial charge on any atom is -0.388 e. The van der Waals surface area contributed by atoms with Gasteiger partial charge in [0.05, 0.1) is 0 Å². The first-order valence-corrected chi connectivity index (χ1v) is 4.16.